The summed E-state index contributed by atoms with van der Waals surface area (Å²) < 4.78 is 37.5. The van der Waals surface area contributed by atoms with E-state index in [0.717, 1.165) is 0 Å². The van der Waals surface area contributed by atoms with Gasteiger partial charge in [0.05, 0.1) is 0 Å². The van der Waals surface area contributed by atoms with Gasteiger partial charge < -0.3 is 23.6 Å². The molecule has 0 radical (unpaired) electrons. The van der Waals surface area contributed by atoms with E-state index in [1.807, 2.05) is 0 Å². The second-order valence-electron chi connectivity index (χ2n) is 1.95. The standard InChI is InChI=1S/BH4O9P3S/c2-11(3)7-1-8-13(6,14)10-12(4,5)9-11/h1H,(H,2,3)(H,4,5)(H,6,14). The molecule has 0 aromatic rings. The van der Waals surface area contributed by atoms with E-state index < -0.39 is 30.0 Å². The van der Waals surface area contributed by atoms with Gasteiger partial charge in [-0.3, -0.25) is 0 Å². The topological polar surface area (TPSA) is 132 Å². The van der Waals surface area contributed by atoms with Crippen molar-refractivity contribution >= 4 is 41.9 Å². The first kappa shape index (κ1) is 13.0. The molecular weight excluding hydrogens is 280 g/mol. The van der Waals surface area contributed by atoms with Crippen LogP contribution in [0.2, 0.25) is 0 Å². The molecule has 0 spiro atoms. The van der Waals surface area contributed by atoms with E-state index >= 15 is 0 Å². The Bertz CT molecular complexity index is 331. The molecule has 82 valence electrons. The summed E-state index contributed by atoms with van der Waals surface area (Å²) in [5, 5.41) is 0. The van der Waals surface area contributed by atoms with Crippen molar-refractivity contribution in [2.24, 2.45) is 0 Å². The van der Waals surface area contributed by atoms with Crippen LogP contribution in [0.1, 0.15) is 0 Å². The SMILES string of the molecule is O=P1(O)OBOP(O)(=S)OP(=O)(O)O1. The fourth-order valence-corrected chi connectivity index (χ4v) is 4.67. The zero-order chi connectivity index (χ0) is 11.0. The minimum Gasteiger partial charge on any atom is -0.342 e. The second kappa shape index (κ2) is 4.05. The molecule has 0 aromatic heterocycles. The van der Waals surface area contributed by atoms with Crippen LogP contribution in [0.25, 0.3) is 0 Å². The van der Waals surface area contributed by atoms with E-state index in [4.69, 9.17) is 14.7 Å². The molecule has 0 bridgehead atoms. The molecule has 1 rings (SSSR count). The molecule has 14 heteroatoms. The van der Waals surface area contributed by atoms with Gasteiger partial charge >= 0.3 is 30.0 Å². The lowest BCUT2D eigenvalue weighted by Gasteiger charge is -2.23. The molecule has 1 aliphatic rings. The molecule has 9 nitrogen and oxygen atoms in total. The minimum absolute atomic E-state index is 0.887. The highest BCUT2D eigenvalue weighted by molar-refractivity contribution is 8.08. The van der Waals surface area contributed by atoms with E-state index in [-0.39, 0.29) is 0 Å². The van der Waals surface area contributed by atoms with Gasteiger partial charge in [0.1, 0.15) is 0 Å². The van der Waals surface area contributed by atoms with Crippen LogP contribution in [0.5, 0.6) is 0 Å². The molecule has 0 saturated carbocycles. The third kappa shape index (κ3) is 4.18. The quantitative estimate of drug-likeness (QED) is 0.404. The molecule has 3 unspecified atom stereocenters. The molecule has 1 fully saturated rings. The van der Waals surface area contributed by atoms with Crippen molar-refractivity contribution in [1.29, 1.82) is 0 Å². The highest BCUT2D eigenvalue weighted by Gasteiger charge is 2.42. The van der Waals surface area contributed by atoms with Gasteiger partial charge in [-0.2, -0.15) is 4.31 Å². The normalized spacial score (nSPS) is 50.2. The van der Waals surface area contributed by atoms with Crippen molar-refractivity contribution in [2.45, 2.75) is 0 Å². The summed E-state index contributed by atoms with van der Waals surface area (Å²) in [4.78, 5) is 26.5. The Morgan fingerprint density at radius 2 is 1.57 bits per heavy atom. The number of hydrogen-bond donors (Lipinski definition) is 3. The minimum atomic E-state index is -4.97. The van der Waals surface area contributed by atoms with E-state index in [9.17, 15) is 9.13 Å². The predicted molar refractivity (Wildman–Crippen MR) is 47.6 cm³/mol. The number of hydrogen-bond acceptors (Lipinski definition) is 7. The van der Waals surface area contributed by atoms with Gasteiger partial charge in [0, 0.05) is 0 Å². The maximum Gasteiger partial charge on any atom is 0.488 e. The average Bonchev–Trinajstić information content (AvgIpc) is 1.75. The molecule has 3 atom stereocenters. The molecular formula is H4BO9P3S. The first-order valence-corrected chi connectivity index (χ1v) is 8.40. The maximum atomic E-state index is 10.9. The molecule has 3 N–H and O–H groups in total. The average molecular weight is 284 g/mol. The highest BCUT2D eigenvalue weighted by Crippen LogP contribution is 2.69. The number of rotatable bonds is 0. The third-order valence-electron chi connectivity index (χ3n) is 0.844. The summed E-state index contributed by atoms with van der Waals surface area (Å²) in [6, 6.07) is 0. The van der Waals surface area contributed by atoms with Crippen LogP contribution >= 0.6 is 22.4 Å². The van der Waals surface area contributed by atoms with Gasteiger partial charge in [0.25, 0.3) is 0 Å². The molecule has 1 aliphatic heterocycles. The predicted octanol–water partition coefficient (Wildman–Crippen LogP) is -0.250. The largest absolute Gasteiger partial charge is 0.488 e. The Morgan fingerprint density at radius 1 is 1.00 bits per heavy atom. The Morgan fingerprint density at radius 3 is 2.14 bits per heavy atom. The Labute approximate surface area is 83.7 Å². The summed E-state index contributed by atoms with van der Waals surface area (Å²) in [6.07, 6.45) is 0. The van der Waals surface area contributed by atoms with Gasteiger partial charge in [-0.25, -0.2) is 13.4 Å². The van der Waals surface area contributed by atoms with E-state index in [1.165, 1.54) is 0 Å². The van der Waals surface area contributed by atoms with Gasteiger partial charge in [0.15, 0.2) is 0 Å². The van der Waals surface area contributed by atoms with Crippen molar-refractivity contribution in [2.75, 3.05) is 0 Å². The van der Waals surface area contributed by atoms with E-state index in [0.29, 0.717) is 0 Å². The van der Waals surface area contributed by atoms with Crippen LogP contribution in [0.3, 0.4) is 0 Å². The highest BCUT2D eigenvalue weighted by atomic mass is 32.5. The third-order valence-corrected chi connectivity index (χ3v) is 5.93. The summed E-state index contributed by atoms with van der Waals surface area (Å²) in [6.45, 7) is -4.00. The Balaban J connectivity index is 2.93. The van der Waals surface area contributed by atoms with Crippen molar-refractivity contribution in [3.8, 4) is 0 Å². The summed E-state index contributed by atoms with van der Waals surface area (Å²) in [5.74, 6) is 0. The molecule has 1 saturated heterocycles. The molecule has 0 aromatic carbocycles. The Kier molecular flexibility index (Phi) is 3.75. The molecule has 0 amide bonds. The Hall–Kier alpha value is 0.895. The smallest absolute Gasteiger partial charge is 0.342 e. The van der Waals surface area contributed by atoms with Crippen LogP contribution < -0.4 is 0 Å². The van der Waals surface area contributed by atoms with Gasteiger partial charge in [-0.15, -0.1) is 0 Å². The lowest BCUT2D eigenvalue weighted by molar-refractivity contribution is 0.207. The first-order chi connectivity index (χ1) is 6.12. The monoisotopic (exact) mass is 284 g/mol. The maximum absolute atomic E-state index is 10.9. The van der Waals surface area contributed by atoms with E-state index in [2.05, 4.69) is 29.3 Å². The van der Waals surface area contributed by atoms with Crippen molar-refractivity contribution < 1.29 is 41.3 Å². The van der Waals surface area contributed by atoms with Crippen molar-refractivity contribution in [3.63, 3.8) is 0 Å². The summed E-state index contributed by atoms with van der Waals surface area (Å²) in [7, 11) is -10.6. The van der Waals surface area contributed by atoms with Gasteiger partial charge in [-0.05, 0) is 11.8 Å². The molecule has 1 heterocycles. The van der Waals surface area contributed by atoms with Crippen LogP contribution in [0, 0.1) is 0 Å². The molecule has 14 heavy (non-hydrogen) atoms. The van der Waals surface area contributed by atoms with Crippen LogP contribution in [0.15, 0.2) is 0 Å². The first-order valence-electron chi connectivity index (χ1n) is 2.82. The lowest BCUT2D eigenvalue weighted by atomic mass is 10.4. The lowest BCUT2D eigenvalue weighted by Crippen LogP contribution is -2.08. The van der Waals surface area contributed by atoms with Crippen molar-refractivity contribution in [3.05, 3.63) is 0 Å². The van der Waals surface area contributed by atoms with Crippen LogP contribution in [0.4, 0.5) is 0 Å². The van der Waals surface area contributed by atoms with Crippen LogP contribution in [-0.4, -0.2) is 22.4 Å². The zero-order valence-electron chi connectivity index (χ0n) is 6.25. The zero-order valence-corrected chi connectivity index (χ0v) is 9.75. The van der Waals surface area contributed by atoms with Crippen molar-refractivity contribution in [1.82, 2.24) is 0 Å². The van der Waals surface area contributed by atoms with E-state index in [1.54, 1.807) is 0 Å². The van der Waals surface area contributed by atoms with Gasteiger partial charge in [-0.1, -0.05) is 0 Å². The second-order valence-corrected chi connectivity index (χ2v) is 7.96. The molecule has 0 aliphatic carbocycles. The summed E-state index contributed by atoms with van der Waals surface area (Å²) >= 11 is 4.22. The summed E-state index contributed by atoms with van der Waals surface area (Å²) in [5.41, 5.74) is 0. The van der Waals surface area contributed by atoms with Crippen LogP contribution in [-0.2, 0) is 38.4 Å². The fraction of sp³-hybridized carbons (Fsp3) is 0. The van der Waals surface area contributed by atoms with Gasteiger partial charge in [0.2, 0.25) is 0 Å². The fourth-order valence-electron chi connectivity index (χ4n) is 0.480. The number of phosphoric acid groups is 2.